The zero-order valence-corrected chi connectivity index (χ0v) is 18.2. The fourth-order valence-corrected chi connectivity index (χ4v) is 3.50. The Morgan fingerprint density at radius 2 is 1.87 bits per heavy atom. The smallest absolute Gasteiger partial charge is 0.226 e. The molecule has 0 atom stereocenters. The number of carbonyl (C=O) groups excluding carboxylic acids is 2. The van der Waals surface area contributed by atoms with Crippen molar-refractivity contribution >= 4 is 40.6 Å². The number of benzene rings is 1. The lowest BCUT2D eigenvalue weighted by Gasteiger charge is -2.17. The van der Waals surface area contributed by atoms with E-state index in [1.165, 1.54) is 0 Å². The first-order valence-electron chi connectivity index (χ1n) is 9.55. The summed E-state index contributed by atoms with van der Waals surface area (Å²) in [4.78, 5) is 34.4. The van der Waals surface area contributed by atoms with E-state index in [-0.39, 0.29) is 11.7 Å². The molecule has 5 nitrogen and oxygen atoms in total. The van der Waals surface area contributed by atoms with Gasteiger partial charge in [-0.05, 0) is 48.4 Å². The van der Waals surface area contributed by atoms with Crippen molar-refractivity contribution in [1.29, 1.82) is 0 Å². The predicted octanol–water partition coefficient (Wildman–Crippen LogP) is 5.64. The van der Waals surface area contributed by atoms with E-state index in [9.17, 15) is 9.59 Å². The molecule has 0 saturated heterocycles. The van der Waals surface area contributed by atoms with Crippen LogP contribution in [0.4, 0.5) is 5.69 Å². The summed E-state index contributed by atoms with van der Waals surface area (Å²) in [6, 6.07) is 12.6. The Bertz CT molecular complexity index is 1070. The molecule has 3 rings (SSSR count). The quantitative estimate of drug-likeness (QED) is 0.351. The van der Waals surface area contributed by atoms with Crippen LogP contribution in [0.1, 0.15) is 35.7 Å². The largest absolute Gasteiger partial charge is 0.315 e. The van der Waals surface area contributed by atoms with Crippen LogP contribution in [0.5, 0.6) is 0 Å². The monoisotopic (exact) mass is 441 g/mol. The van der Waals surface area contributed by atoms with Gasteiger partial charge in [-0.1, -0.05) is 36.2 Å². The second-order valence-corrected chi connectivity index (χ2v) is 7.54. The zero-order chi connectivity index (χ0) is 21.7. The molecule has 0 fully saturated rings. The van der Waals surface area contributed by atoms with Crippen molar-refractivity contribution in [2.75, 3.05) is 11.9 Å². The van der Waals surface area contributed by atoms with E-state index in [0.717, 1.165) is 16.8 Å². The molecule has 0 aliphatic rings. The lowest BCUT2D eigenvalue weighted by molar-refractivity contribution is -0.118. The predicted molar refractivity (Wildman–Crippen MR) is 120 cm³/mol. The summed E-state index contributed by atoms with van der Waals surface area (Å²) in [6.07, 6.45) is 4.43. The number of hydrogen-bond donors (Lipinski definition) is 0. The minimum atomic E-state index is -0.0184. The number of ketones is 1. The van der Waals surface area contributed by atoms with Gasteiger partial charge in [0.2, 0.25) is 5.91 Å². The molecule has 0 aliphatic carbocycles. The maximum Gasteiger partial charge on any atom is 0.226 e. The number of rotatable bonds is 7. The molecule has 1 amide bonds. The van der Waals surface area contributed by atoms with E-state index >= 15 is 0 Å². The SMILES string of the molecule is CCC(=O)N(C)c1ccc(-c2ccc(C(=O)CCc3cccnc3Cl)cn2)c(Cl)c1. The summed E-state index contributed by atoms with van der Waals surface area (Å²) in [5.74, 6) is -0.0116. The molecule has 0 unspecified atom stereocenters. The Kier molecular flexibility index (Phi) is 7.19. The summed E-state index contributed by atoms with van der Waals surface area (Å²) in [5, 5.41) is 0.907. The number of carbonyl (C=O) groups is 2. The summed E-state index contributed by atoms with van der Waals surface area (Å²) in [6.45, 7) is 1.81. The third-order valence-electron chi connectivity index (χ3n) is 4.84. The standard InChI is InChI=1S/C23H21Cl2N3O2/c1-3-22(30)28(2)17-8-9-18(19(24)13-17)20-10-6-16(14-27-20)21(29)11-7-15-5-4-12-26-23(15)25/h4-6,8-10,12-14H,3,7,11H2,1-2H3. The van der Waals surface area contributed by atoms with E-state index in [4.69, 9.17) is 23.2 Å². The number of pyridine rings is 2. The summed E-state index contributed by atoms with van der Waals surface area (Å²) in [5.41, 5.74) is 3.48. The molecule has 0 radical (unpaired) electrons. The fourth-order valence-electron chi connectivity index (χ4n) is 3.02. The Balaban J connectivity index is 1.71. The van der Waals surface area contributed by atoms with E-state index in [0.29, 0.717) is 40.7 Å². The van der Waals surface area contributed by atoms with E-state index in [2.05, 4.69) is 9.97 Å². The Morgan fingerprint density at radius 3 is 2.50 bits per heavy atom. The highest BCUT2D eigenvalue weighted by atomic mass is 35.5. The number of amides is 1. The topological polar surface area (TPSA) is 63.2 Å². The molecule has 2 aromatic heterocycles. The molecule has 2 heterocycles. The van der Waals surface area contributed by atoms with Crippen molar-refractivity contribution in [2.45, 2.75) is 26.2 Å². The van der Waals surface area contributed by atoms with Crippen molar-refractivity contribution in [3.63, 3.8) is 0 Å². The van der Waals surface area contributed by atoms with Gasteiger partial charge in [0.05, 0.1) is 10.7 Å². The molecule has 0 saturated carbocycles. The number of anilines is 1. The van der Waals surface area contributed by atoms with Crippen LogP contribution in [0.25, 0.3) is 11.3 Å². The Hall–Kier alpha value is -2.76. The molecular weight excluding hydrogens is 421 g/mol. The molecule has 3 aromatic rings. The van der Waals surface area contributed by atoms with Crippen molar-refractivity contribution in [3.05, 3.63) is 76.2 Å². The van der Waals surface area contributed by atoms with Gasteiger partial charge in [0.25, 0.3) is 0 Å². The highest BCUT2D eigenvalue weighted by Crippen LogP contribution is 2.30. The number of halogens is 2. The molecule has 154 valence electrons. The Labute approximate surface area is 185 Å². The van der Waals surface area contributed by atoms with Crippen molar-refractivity contribution in [3.8, 4) is 11.3 Å². The summed E-state index contributed by atoms with van der Waals surface area (Å²) < 4.78 is 0. The van der Waals surface area contributed by atoms with Crippen LogP contribution in [0, 0.1) is 0 Å². The summed E-state index contributed by atoms with van der Waals surface area (Å²) >= 11 is 12.5. The number of hydrogen-bond acceptors (Lipinski definition) is 4. The molecule has 1 aromatic carbocycles. The molecule has 0 bridgehead atoms. The van der Waals surface area contributed by atoms with E-state index < -0.39 is 0 Å². The lowest BCUT2D eigenvalue weighted by atomic mass is 10.0. The van der Waals surface area contributed by atoms with Gasteiger partial charge in [-0.25, -0.2) is 4.98 Å². The van der Waals surface area contributed by atoms with E-state index in [1.807, 2.05) is 25.1 Å². The second-order valence-electron chi connectivity index (χ2n) is 6.78. The summed E-state index contributed by atoms with van der Waals surface area (Å²) in [7, 11) is 1.72. The maximum atomic E-state index is 12.5. The lowest BCUT2D eigenvalue weighted by Crippen LogP contribution is -2.24. The minimum Gasteiger partial charge on any atom is -0.315 e. The second kappa shape index (κ2) is 9.83. The first-order valence-corrected chi connectivity index (χ1v) is 10.3. The average molecular weight is 442 g/mol. The fraction of sp³-hybridized carbons (Fsp3) is 0.217. The van der Waals surface area contributed by atoms with Gasteiger partial charge in [-0.15, -0.1) is 0 Å². The van der Waals surface area contributed by atoms with Crippen LogP contribution in [0.2, 0.25) is 10.2 Å². The Morgan fingerprint density at radius 1 is 1.07 bits per heavy atom. The van der Waals surface area contributed by atoms with Gasteiger partial charge in [0.1, 0.15) is 5.15 Å². The zero-order valence-electron chi connectivity index (χ0n) is 16.7. The van der Waals surface area contributed by atoms with Gasteiger partial charge >= 0.3 is 0 Å². The molecule has 0 N–H and O–H groups in total. The van der Waals surface area contributed by atoms with Crippen LogP contribution in [-0.4, -0.2) is 28.7 Å². The number of Topliss-reactive ketones (excluding diaryl/α,β-unsaturated/α-hetero) is 1. The molecule has 0 aliphatic heterocycles. The van der Waals surface area contributed by atoms with E-state index in [1.54, 1.807) is 48.6 Å². The normalized spacial score (nSPS) is 10.7. The number of nitrogens with zero attached hydrogens (tertiary/aromatic N) is 3. The highest BCUT2D eigenvalue weighted by molar-refractivity contribution is 6.33. The third kappa shape index (κ3) is 5.04. The molecule has 30 heavy (non-hydrogen) atoms. The van der Waals surface area contributed by atoms with Gasteiger partial charge in [0, 0.05) is 49.1 Å². The highest BCUT2D eigenvalue weighted by Gasteiger charge is 2.13. The van der Waals surface area contributed by atoms with Crippen LogP contribution in [0.15, 0.2) is 54.9 Å². The minimum absolute atomic E-state index is 0.00683. The van der Waals surface area contributed by atoms with Crippen LogP contribution < -0.4 is 4.90 Å². The average Bonchev–Trinajstić information content (AvgIpc) is 2.77. The molecule has 0 spiro atoms. The molecule has 7 heteroatoms. The van der Waals surface area contributed by atoms with Crippen LogP contribution in [-0.2, 0) is 11.2 Å². The first-order chi connectivity index (χ1) is 14.4. The van der Waals surface area contributed by atoms with Gasteiger partial charge in [-0.2, -0.15) is 0 Å². The third-order valence-corrected chi connectivity index (χ3v) is 5.49. The first kappa shape index (κ1) is 21.9. The van der Waals surface area contributed by atoms with Gasteiger partial charge in [-0.3, -0.25) is 14.6 Å². The van der Waals surface area contributed by atoms with Crippen molar-refractivity contribution in [2.24, 2.45) is 0 Å². The van der Waals surface area contributed by atoms with Crippen molar-refractivity contribution < 1.29 is 9.59 Å². The number of aryl methyl sites for hydroxylation is 1. The maximum absolute atomic E-state index is 12.5. The van der Waals surface area contributed by atoms with Crippen LogP contribution >= 0.6 is 23.2 Å². The number of aromatic nitrogens is 2. The van der Waals surface area contributed by atoms with Gasteiger partial charge in [0.15, 0.2) is 5.78 Å². The van der Waals surface area contributed by atoms with Gasteiger partial charge < -0.3 is 4.90 Å². The molecular formula is C23H21Cl2N3O2. The van der Waals surface area contributed by atoms with Crippen molar-refractivity contribution in [1.82, 2.24) is 9.97 Å². The van der Waals surface area contributed by atoms with Crippen LogP contribution in [0.3, 0.4) is 0 Å².